The molecule has 2 heterocycles. The van der Waals surface area contributed by atoms with Gasteiger partial charge in [0.15, 0.2) is 0 Å². The average Bonchev–Trinajstić information content (AvgIpc) is 2.63. The highest BCUT2D eigenvalue weighted by Crippen LogP contribution is 2.25. The Hall–Kier alpha value is -2.41. The van der Waals surface area contributed by atoms with E-state index in [0.717, 1.165) is 13.1 Å². The molecule has 0 spiro atoms. The van der Waals surface area contributed by atoms with Gasteiger partial charge in [-0.25, -0.2) is 9.18 Å². The van der Waals surface area contributed by atoms with E-state index < -0.39 is 17.2 Å². The Morgan fingerprint density at radius 2 is 2.00 bits per heavy atom. The second-order valence-electron chi connectivity index (χ2n) is 5.94. The number of benzene rings is 1. The maximum atomic E-state index is 14.7. The fourth-order valence-corrected chi connectivity index (χ4v) is 3.16. The van der Waals surface area contributed by atoms with Gasteiger partial charge in [0.2, 0.25) is 5.43 Å². The lowest BCUT2D eigenvalue weighted by atomic mass is 10.1. The van der Waals surface area contributed by atoms with Gasteiger partial charge >= 0.3 is 5.97 Å². The quantitative estimate of drug-likeness (QED) is 0.854. The zero-order valence-electron chi connectivity index (χ0n) is 14.5. The summed E-state index contributed by atoms with van der Waals surface area (Å²) in [5, 5.41) is 3.43. The molecule has 134 valence electrons. The summed E-state index contributed by atoms with van der Waals surface area (Å²) in [6.07, 6.45) is 1.50. The predicted octanol–water partition coefficient (Wildman–Crippen LogP) is 1.75. The Morgan fingerprint density at radius 3 is 2.64 bits per heavy atom. The summed E-state index contributed by atoms with van der Waals surface area (Å²) in [7, 11) is 0. The third kappa shape index (κ3) is 3.24. The number of anilines is 1. The Kier molecular flexibility index (Phi) is 5.03. The molecule has 0 amide bonds. The Labute approximate surface area is 145 Å². The van der Waals surface area contributed by atoms with Crippen LogP contribution in [0, 0.1) is 5.82 Å². The molecule has 0 radical (unpaired) electrons. The van der Waals surface area contributed by atoms with Crippen LogP contribution in [-0.2, 0) is 11.3 Å². The number of hydrogen-bond acceptors (Lipinski definition) is 5. The first-order valence-corrected chi connectivity index (χ1v) is 8.56. The topological polar surface area (TPSA) is 63.6 Å². The van der Waals surface area contributed by atoms with E-state index in [0.29, 0.717) is 30.8 Å². The molecule has 1 aromatic carbocycles. The molecule has 3 rings (SSSR count). The number of piperazine rings is 1. The van der Waals surface area contributed by atoms with Crippen LogP contribution in [0.15, 0.2) is 23.1 Å². The lowest BCUT2D eigenvalue weighted by Crippen LogP contribution is -2.43. The standard InChI is InChI=1S/C18H22FN3O3/c1-3-21-11-13(18(24)25-4-2)17(23)12-9-14(19)16(10-15(12)21)22-7-5-20-6-8-22/h9-11,20H,3-8H2,1-2H3. The molecule has 7 heteroatoms. The Bertz CT molecular complexity index is 857. The molecule has 1 N–H and O–H groups in total. The molecule has 1 aliphatic heterocycles. The van der Waals surface area contributed by atoms with E-state index in [2.05, 4.69) is 5.32 Å². The smallest absolute Gasteiger partial charge is 0.343 e. The predicted molar refractivity (Wildman–Crippen MR) is 94.9 cm³/mol. The van der Waals surface area contributed by atoms with Crippen LogP contribution in [0.2, 0.25) is 0 Å². The maximum absolute atomic E-state index is 14.7. The fraction of sp³-hybridized carbons (Fsp3) is 0.444. The molecule has 0 aliphatic carbocycles. The third-order valence-corrected chi connectivity index (χ3v) is 4.44. The van der Waals surface area contributed by atoms with Gasteiger partial charge < -0.3 is 19.5 Å². The largest absolute Gasteiger partial charge is 0.462 e. The summed E-state index contributed by atoms with van der Waals surface area (Å²) in [5.74, 6) is -1.13. The van der Waals surface area contributed by atoms with Gasteiger partial charge in [-0.1, -0.05) is 0 Å². The number of nitrogens with one attached hydrogen (secondary N) is 1. The number of carbonyl (C=O) groups is 1. The average molecular weight is 347 g/mol. The molecule has 1 saturated heterocycles. The van der Waals surface area contributed by atoms with Crippen LogP contribution < -0.4 is 15.6 Å². The number of fused-ring (bicyclic) bond motifs is 1. The van der Waals surface area contributed by atoms with Gasteiger partial charge in [0.1, 0.15) is 11.4 Å². The van der Waals surface area contributed by atoms with E-state index in [9.17, 15) is 14.0 Å². The summed E-state index contributed by atoms with van der Waals surface area (Å²) in [6, 6.07) is 2.94. The number of nitrogens with zero attached hydrogens (tertiary/aromatic N) is 2. The van der Waals surface area contributed by atoms with Crippen molar-refractivity contribution >= 4 is 22.6 Å². The summed E-state index contributed by atoms with van der Waals surface area (Å²) in [5.41, 5.74) is 0.546. The maximum Gasteiger partial charge on any atom is 0.343 e. The molecule has 0 atom stereocenters. The van der Waals surface area contributed by atoms with Gasteiger partial charge in [-0.05, 0) is 26.0 Å². The van der Waals surface area contributed by atoms with Crippen molar-refractivity contribution in [2.24, 2.45) is 0 Å². The summed E-state index contributed by atoms with van der Waals surface area (Å²) < 4.78 is 21.4. The lowest BCUT2D eigenvalue weighted by molar-refractivity contribution is 0.0524. The lowest BCUT2D eigenvalue weighted by Gasteiger charge is -2.30. The second kappa shape index (κ2) is 7.23. The van der Waals surface area contributed by atoms with E-state index in [4.69, 9.17) is 4.74 Å². The molecule has 1 aromatic heterocycles. The van der Waals surface area contributed by atoms with Crippen LogP contribution in [0.3, 0.4) is 0 Å². The Balaban J connectivity index is 2.18. The molecular formula is C18H22FN3O3. The summed E-state index contributed by atoms with van der Waals surface area (Å²) in [4.78, 5) is 26.6. The van der Waals surface area contributed by atoms with E-state index in [-0.39, 0.29) is 17.6 Å². The highest BCUT2D eigenvalue weighted by molar-refractivity contribution is 5.94. The van der Waals surface area contributed by atoms with Crippen molar-refractivity contribution in [3.63, 3.8) is 0 Å². The minimum absolute atomic E-state index is 0.0643. The monoisotopic (exact) mass is 347 g/mol. The zero-order chi connectivity index (χ0) is 18.0. The fourth-order valence-electron chi connectivity index (χ4n) is 3.16. The van der Waals surface area contributed by atoms with Gasteiger partial charge in [-0.3, -0.25) is 4.79 Å². The van der Waals surface area contributed by atoms with Crippen molar-refractivity contribution in [3.05, 3.63) is 39.9 Å². The van der Waals surface area contributed by atoms with Crippen LogP contribution >= 0.6 is 0 Å². The van der Waals surface area contributed by atoms with Crippen LogP contribution in [0.1, 0.15) is 24.2 Å². The number of esters is 1. The SMILES string of the molecule is CCOC(=O)c1cn(CC)c2cc(N3CCNCC3)c(F)cc2c1=O. The number of rotatable bonds is 4. The van der Waals surface area contributed by atoms with E-state index in [1.165, 1.54) is 12.3 Å². The highest BCUT2D eigenvalue weighted by Gasteiger charge is 2.20. The van der Waals surface area contributed by atoms with Crippen molar-refractivity contribution in [2.45, 2.75) is 20.4 Å². The van der Waals surface area contributed by atoms with Gasteiger partial charge in [0.25, 0.3) is 0 Å². The molecule has 6 nitrogen and oxygen atoms in total. The van der Waals surface area contributed by atoms with E-state index >= 15 is 0 Å². The van der Waals surface area contributed by atoms with Crippen molar-refractivity contribution in [1.29, 1.82) is 0 Å². The molecule has 25 heavy (non-hydrogen) atoms. The zero-order valence-corrected chi connectivity index (χ0v) is 14.5. The van der Waals surface area contributed by atoms with E-state index in [1.807, 2.05) is 11.8 Å². The first-order chi connectivity index (χ1) is 12.1. The van der Waals surface area contributed by atoms with Crippen molar-refractivity contribution in [2.75, 3.05) is 37.7 Å². The van der Waals surface area contributed by atoms with Crippen molar-refractivity contribution < 1.29 is 13.9 Å². The molecule has 1 aliphatic rings. The number of halogens is 1. The molecule has 0 unspecified atom stereocenters. The number of pyridine rings is 1. The van der Waals surface area contributed by atoms with Gasteiger partial charge in [-0.15, -0.1) is 0 Å². The third-order valence-electron chi connectivity index (χ3n) is 4.44. The van der Waals surface area contributed by atoms with Crippen LogP contribution in [0.25, 0.3) is 10.9 Å². The highest BCUT2D eigenvalue weighted by atomic mass is 19.1. The van der Waals surface area contributed by atoms with Gasteiger partial charge in [0.05, 0.1) is 17.8 Å². The van der Waals surface area contributed by atoms with Crippen molar-refractivity contribution in [3.8, 4) is 0 Å². The number of ether oxygens (including phenoxy) is 1. The number of aromatic nitrogens is 1. The van der Waals surface area contributed by atoms with Crippen LogP contribution in [0.5, 0.6) is 0 Å². The summed E-state index contributed by atoms with van der Waals surface area (Å²) >= 11 is 0. The second-order valence-corrected chi connectivity index (χ2v) is 5.94. The van der Waals surface area contributed by atoms with E-state index in [1.54, 1.807) is 17.6 Å². The normalized spacial score (nSPS) is 14.8. The van der Waals surface area contributed by atoms with Gasteiger partial charge in [0, 0.05) is 44.3 Å². The minimum atomic E-state index is -0.678. The van der Waals surface area contributed by atoms with Crippen LogP contribution in [0.4, 0.5) is 10.1 Å². The first-order valence-electron chi connectivity index (χ1n) is 8.56. The summed E-state index contributed by atoms with van der Waals surface area (Å²) in [6.45, 7) is 7.32. The number of aryl methyl sites for hydroxylation is 1. The Morgan fingerprint density at radius 1 is 1.28 bits per heavy atom. The van der Waals surface area contributed by atoms with Crippen LogP contribution in [-0.4, -0.2) is 43.3 Å². The molecule has 0 bridgehead atoms. The minimum Gasteiger partial charge on any atom is -0.462 e. The first kappa shape index (κ1) is 17.4. The molecular weight excluding hydrogens is 325 g/mol. The molecule has 0 saturated carbocycles. The molecule has 2 aromatic rings. The molecule has 1 fully saturated rings. The number of hydrogen-bond donors (Lipinski definition) is 1. The van der Waals surface area contributed by atoms with Gasteiger partial charge in [-0.2, -0.15) is 0 Å². The van der Waals surface area contributed by atoms with Crippen molar-refractivity contribution in [1.82, 2.24) is 9.88 Å². The number of carbonyl (C=O) groups excluding carboxylic acids is 1.